The lowest BCUT2D eigenvalue weighted by Crippen LogP contribution is -2.09. The largest absolute Gasteiger partial charge is 0.361 e. The van der Waals surface area contributed by atoms with Crippen LogP contribution in [0.15, 0.2) is 71.7 Å². The summed E-state index contributed by atoms with van der Waals surface area (Å²) in [5.74, 6) is 2.49. The molecular weight excluding hydrogens is 472 g/mol. The highest BCUT2D eigenvalue weighted by atomic mass is 32.1. The number of hydrogen-bond donors (Lipinski definition) is 3. The van der Waals surface area contributed by atoms with Gasteiger partial charge in [0.05, 0.1) is 34.3 Å². The zero-order valence-corrected chi connectivity index (χ0v) is 20.0. The second-order valence-corrected chi connectivity index (χ2v) is 9.11. The smallest absolute Gasteiger partial charge is 0.233 e. The summed E-state index contributed by atoms with van der Waals surface area (Å²) in [4.78, 5) is 26.9. The number of benzene rings is 2. The Morgan fingerprint density at radius 2 is 1.81 bits per heavy atom. The highest BCUT2D eigenvalue weighted by molar-refractivity contribution is 7.08. The van der Waals surface area contributed by atoms with Crippen LogP contribution in [0.1, 0.15) is 5.82 Å². The van der Waals surface area contributed by atoms with Crippen molar-refractivity contribution in [3.05, 3.63) is 77.5 Å². The third-order valence-electron chi connectivity index (χ3n) is 6.05. The Kier molecular flexibility index (Phi) is 4.67. The summed E-state index contributed by atoms with van der Waals surface area (Å²) in [6.07, 6.45) is 1.77. The normalized spacial score (nSPS) is 11.6. The maximum atomic E-state index is 4.81. The first-order valence-electron chi connectivity index (χ1n) is 11.4. The number of fused-ring (bicyclic) bond motifs is 3. The number of thiophene rings is 1. The van der Waals surface area contributed by atoms with Gasteiger partial charge in [0.25, 0.3) is 0 Å². The van der Waals surface area contributed by atoms with Crippen LogP contribution >= 0.6 is 11.3 Å². The number of aromatic nitrogens is 8. The topological polar surface area (TPSA) is 114 Å². The zero-order valence-electron chi connectivity index (χ0n) is 19.2. The first-order chi connectivity index (χ1) is 17.7. The number of H-pyrrole nitrogens is 1. The van der Waals surface area contributed by atoms with E-state index in [0.717, 1.165) is 33.6 Å². The average molecular weight is 493 g/mol. The van der Waals surface area contributed by atoms with Crippen molar-refractivity contribution >= 4 is 62.3 Å². The molecule has 5 heterocycles. The number of nitrogens with one attached hydrogen (secondary N) is 3. The van der Waals surface area contributed by atoms with E-state index >= 15 is 0 Å². The van der Waals surface area contributed by atoms with Crippen molar-refractivity contribution in [2.45, 2.75) is 6.54 Å². The van der Waals surface area contributed by atoms with E-state index in [1.807, 2.05) is 76.2 Å². The van der Waals surface area contributed by atoms with Gasteiger partial charge in [0.15, 0.2) is 17.0 Å². The third-order valence-corrected chi connectivity index (χ3v) is 6.72. The van der Waals surface area contributed by atoms with E-state index in [1.165, 1.54) is 0 Å². The standard InChI is InChI=1S/C25H20N10S/c1-34-19-9-5-4-8-18(19)30-25(34)33-24-31-22(26-12-20-28-16-6-2-3-7-17(16)29-20)21-23(32-24)35(14-27-21)15-10-11-36-13-15/h2-11,13-14H,12H2,1H3,(H,28,29)(H2,26,30,31,32,33). The number of nitrogens with zero attached hydrogens (tertiary/aromatic N) is 7. The van der Waals surface area contributed by atoms with Gasteiger partial charge in [-0.15, -0.1) is 0 Å². The van der Waals surface area contributed by atoms with Gasteiger partial charge in [0.1, 0.15) is 12.2 Å². The molecule has 0 spiro atoms. The van der Waals surface area contributed by atoms with E-state index in [0.29, 0.717) is 35.4 Å². The van der Waals surface area contributed by atoms with E-state index in [4.69, 9.17) is 15.0 Å². The molecule has 0 amide bonds. The first-order valence-corrected chi connectivity index (χ1v) is 12.3. The Bertz CT molecular complexity index is 1810. The molecule has 0 bridgehead atoms. The summed E-state index contributed by atoms with van der Waals surface area (Å²) in [6.45, 7) is 0.456. The molecule has 0 aliphatic carbocycles. The fourth-order valence-corrected chi connectivity index (χ4v) is 4.90. The Morgan fingerprint density at radius 3 is 2.64 bits per heavy atom. The van der Waals surface area contributed by atoms with E-state index in [2.05, 4.69) is 31.0 Å². The van der Waals surface area contributed by atoms with Crippen LogP contribution in [0, 0.1) is 0 Å². The third kappa shape index (κ3) is 3.45. The van der Waals surface area contributed by atoms with Gasteiger partial charge in [-0.1, -0.05) is 24.3 Å². The maximum Gasteiger partial charge on any atom is 0.233 e. The summed E-state index contributed by atoms with van der Waals surface area (Å²) >= 11 is 1.62. The van der Waals surface area contributed by atoms with Crippen molar-refractivity contribution in [2.24, 2.45) is 7.05 Å². The molecule has 36 heavy (non-hydrogen) atoms. The quantitative estimate of drug-likeness (QED) is 0.299. The molecule has 2 aromatic carbocycles. The van der Waals surface area contributed by atoms with Crippen LogP contribution in [-0.2, 0) is 13.6 Å². The summed E-state index contributed by atoms with van der Waals surface area (Å²) < 4.78 is 3.94. The van der Waals surface area contributed by atoms with Gasteiger partial charge in [0, 0.05) is 12.4 Å². The van der Waals surface area contributed by atoms with Gasteiger partial charge >= 0.3 is 0 Å². The number of aryl methyl sites for hydroxylation is 1. The fourth-order valence-electron chi connectivity index (χ4n) is 4.28. The molecule has 0 saturated heterocycles. The van der Waals surface area contributed by atoms with Crippen molar-refractivity contribution in [1.29, 1.82) is 0 Å². The molecule has 0 radical (unpaired) electrons. The second kappa shape index (κ2) is 8.17. The van der Waals surface area contributed by atoms with Crippen LogP contribution < -0.4 is 10.6 Å². The summed E-state index contributed by atoms with van der Waals surface area (Å²) in [6, 6.07) is 18.0. The van der Waals surface area contributed by atoms with Crippen molar-refractivity contribution in [3.8, 4) is 5.69 Å². The Hall–Kier alpha value is -4.77. The molecule has 7 rings (SSSR count). The Labute approximate surface area is 208 Å². The van der Waals surface area contributed by atoms with Gasteiger partial charge < -0.3 is 14.9 Å². The van der Waals surface area contributed by atoms with Crippen LogP contribution in [0.25, 0.3) is 38.9 Å². The predicted molar refractivity (Wildman–Crippen MR) is 142 cm³/mol. The predicted octanol–water partition coefficient (Wildman–Crippen LogP) is 5.00. The highest BCUT2D eigenvalue weighted by Gasteiger charge is 2.17. The molecule has 7 aromatic rings. The Balaban J connectivity index is 1.29. The minimum absolute atomic E-state index is 0.421. The van der Waals surface area contributed by atoms with Gasteiger partial charge in [-0.05, 0) is 35.7 Å². The van der Waals surface area contributed by atoms with Crippen LogP contribution in [0.4, 0.5) is 17.7 Å². The van der Waals surface area contributed by atoms with E-state index in [-0.39, 0.29) is 0 Å². The van der Waals surface area contributed by atoms with Gasteiger partial charge in [-0.25, -0.2) is 15.0 Å². The van der Waals surface area contributed by atoms with Crippen LogP contribution in [-0.4, -0.2) is 39.0 Å². The lowest BCUT2D eigenvalue weighted by molar-refractivity contribution is 0.948. The number of anilines is 3. The molecule has 0 atom stereocenters. The van der Waals surface area contributed by atoms with E-state index < -0.39 is 0 Å². The SMILES string of the molecule is Cn1c(Nc2nc(NCc3nc4ccccc4[nH]3)c3ncn(-c4ccsc4)c3n2)nc2ccccc21. The summed E-state index contributed by atoms with van der Waals surface area (Å²) in [7, 11) is 1.96. The van der Waals surface area contributed by atoms with Crippen molar-refractivity contribution in [2.75, 3.05) is 10.6 Å². The molecule has 5 aromatic heterocycles. The monoisotopic (exact) mass is 492 g/mol. The number of aromatic amines is 1. The molecule has 0 unspecified atom stereocenters. The molecule has 11 heteroatoms. The second-order valence-electron chi connectivity index (χ2n) is 8.33. The molecule has 3 N–H and O–H groups in total. The number of rotatable bonds is 6. The fraction of sp³-hybridized carbons (Fsp3) is 0.0800. The number of para-hydroxylation sites is 4. The van der Waals surface area contributed by atoms with Gasteiger partial charge in [0.2, 0.25) is 11.9 Å². The molecule has 10 nitrogen and oxygen atoms in total. The maximum absolute atomic E-state index is 4.81. The van der Waals surface area contributed by atoms with Crippen LogP contribution in [0.3, 0.4) is 0 Å². The molecule has 0 aliphatic heterocycles. The molecule has 176 valence electrons. The Morgan fingerprint density at radius 1 is 0.944 bits per heavy atom. The molecule has 0 saturated carbocycles. The summed E-state index contributed by atoms with van der Waals surface area (Å²) in [5.41, 5.74) is 6.20. The molecule has 0 fully saturated rings. The molecular formula is C25H20N10S. The number of imidazole rings is 3. The van der Waals surface area contributed by atoms with E-state index in [9.17, 15) is 0 Å². The van der Waals surface area contributed by atoms with Gasteiger partial charge in [-0.2, -0.15) is 21.3 Å². The van der Waals surface area contributed by atoms with Gasteiger partial charge in [-0.3, -0.25) is 9.88 Å². The minimum atomic E-state index is 0.421. The van der Waals surface area contributed by atoms with Crippen LogP contribution in [0.5, 0.6) is 0 Å². The highest BCUT2D eigenvalue weighted by Crippen LogP contribution is 2.27. The van der Waals surface area contributed by atoms with Crippen molar-refractivity contribution in [3.63, 3.8) is 0 Å². The first kappa shape index (κ1) is 20.6. The number of hydrogen-bond acceptors (Lipinski definition) is 8. The van der Waals surface area contributed by atoms with Crippen molar-refractivity contribution < 1.29 is 0 Å². The minimum Gasteiger partial charge on any atom is -0.361 e. The zero-order chi connectivity index (χ0) is 24.1. The lowest BCUT2D eigenvalue weighted by atomic mass is 10.3. The summed E-state index contributed by atoms with van der Waals surface area (Å²) in [5, 5.41) is 10.8. The average Bonchev–Trinajstić information content (AvgIpc) is 3.69. The van der Waals surface area contributed by atoms with Crippen LogP contribution in [0.2, 0.25) is 0 Å². The molecule has 0 aliphatic rings. The van der Waals surface area contributed by atoms with Crippen molar-refractivity contribution in [1.82, 2.24) is 39.0 Å². The lowest BCUT2D eigenvalue weighted by Gasteiger charge is -2.10. The van der Waals surface area contributed by atoms with E-state index in [1.54, 1.807) is 17.7 Å².